The van der Waals surface area contributed by atoms with E-state index in [0.29, 0.717) is 6.04 Å². The minimum atomic E-state index is 0.356. The van der Waals surface area contributed by atoms with Crippen LogP contribution in [0.25, 0.3) is 0 Å². The van der Waals surface area contributed by atoms with Crippen molar-refractivity contribution in [1.82, 2.24) is 5.32 Å². The standard InChI is InChI=1S/C10H17NO2/c1-8-4-5-13-10(8)6-11-9(2)7-12-3/h4-5,9,11H,6-7H2,1-3H3. The number of ether oxygens (including phenoxy) is 1. The zero-order chi connectivity index (χ0) is 9.68. The molecule has 0 aliphatic carbocycles. The Balaban J connectivity index is 2.30. The summed E-state index contributed by atoms with van der Waals surface area (Å²) in [6.07, 6.45) is 1.72. The van der Waals surface area contributed by atoms with E-state index >= 15 is 0 Å². The van der Waals surface area contributed by atoms with Gasteiger partial charge in [0.25, 0.3) is 0 Å². The highest BCUT2D eigenvalue weighted by atomic mass is 16.5. The highest BCUT2D eigenvalue weighted by molar-refractivity contribution is 5.14. The molecular formula is C10H17NO2. The van der Waals surface area contributed by atoms with E-state index in [1.165, 1.54) is 5.56 Å². The van der Waals surface area contributed by atoms with Crippen LogP contribution in [-0.4, -0.2) is 19.8 Å². The van der Waals surface area contributed by atoms with Crippen molar-refractivity contribution >= 4 is 0 Å². The van der Waals surface area contributed by atoms with Crippen LogP contribution in [0.1, 0.15) is 18.2 Å². The van der Waals surface area contributed by atoms with E-state index in [0.717, 1.165) is 18.9 Å². The second-order valence-electron chi connectivity index (χ2n) is 3.26. The molecular weight excluding hydrogens is 166 g/mol. The van der Waals surface area contributed by atoms with E-state index < -0.39 is 0 Å². The molecule has 0 saturated heterocycles. The minimum absolute atomic E-state index is 0.356. The maximum Gasteiger partial charge on any atom is 0.120 e. The number of rotatable bonds is 5. The maximum atomic E-state index is 5.29. The van der Waals surface area contributed by atoms with Crippen molar-refractivity contribution in [3.63, 3.8) is 0 Å². The van der Waals surface area contributed by atoms with Crippen LogP contribution in [0.5, 0.6) is 0 Å². The van der Waals surface area contributed by atoms with Gasteiger partial charge in [0.1, 0.15) is 5.76 Å². The van der Waals surface area contributed by atoms with Crippen LogP contribution in [0.15, 0.2) is 16.7 Å². The summed E-state index contributed by atoms with van der Waals surface area (Å²) in [7, 11) is 1.70. The molecule has 1 unspecified atom stereocenters. The second-order valence-corrected chi connectivity index (χ2v) is 3.26. The van der Waals surface area contributed by atoms with Gasteiger partial charge in [-0.15, -0.1) is 0 Å². The first-order chi connectivity index (χ1) is 6.24. The van der Waals surface area contributed by atoms with Gasteiger partial charge in [0, 0.05) is 13.2 Å². The summed E-state index contributed by atoms with van der Waals surface area (Å²) in [5.74, 6) is 1.00. The van der Waals surface area contributed by atoms with E-state index in [2.05, 4.69) is 12.2 Å². The van der Waals surface area contributed by atoms with Crippen molar-refractivity contribution in [2.45, 2.75) is 26.4 Å². The van der Waals surface area contributed by atoms with Gasteiger partial charge in [0.05, 0.1) is 19.4 Å². The highest BCUT2D eigenvalue weighted by Crippen LogP contribution is 2.07. The molecule has 0 aromatic carbocycles. The summed E-state index contributed by atoms with van der Waals surface area (Å²) < 4.78 is 10.3. The van der Waals surface area contributed by atoms with Crippen LogP contribution in [0, 0.1) is 6.92 Å². The number of aryl methyl sites for hydroxylation is 1. The predicted octanol–water partition coefficient (Wildman–Crippen LogP) is 1.71. The molecule has 1 rings (SSSR count). The van der Waals surface area contributed by atoms with E-state index in [1.807, 2.05) is 13.0 Å². The molecule has 0 fully saturated rings. The number of methoxy groups -OCH3 is 1. The van der Waals surface area contributed by atoms with Gasteiger partial charge in [-0.25, -0.2) is 0 Å². The third-order valence-electron chi connectivity index (χ3n) is 2.00. The average molecular weight is 183 g/mol. The zero-order valence-electron chi connectivity index (χ0n) is 8.46. The fourth-order valence-corrected chi connectivity index (χ4v) is 1.16. The van der Waals surface area contributed by atoms with E-state index in [-0.39, 0.29) is 0 Å². The number of furan rings is 1. The molecule has 0 aliphatic rings. The average Bonchev–Trinajstić information content (AvgIpc) is 2.48. The molecule has 13 heavy (non-hydrogen) atoms. The number of nitrogens with one attached hydrogen (secondary N) is 1. The van der Waals surface area contributed by atoms with Gasteiger partial charge in [0.2, 0.25) is 0 Å². The molecule has 0 aliphatic heterocycles. The Bertz CT molecular complexity index is 245. The predicted molar refractivity (Wildman–Crippen MR) is 51.6 cm³/mol. The van der Waals surface area contributed by atoms with Gasteiger partial charge in [0.15, 0.2) is 0 Å². The fraction of sp³-hybridized carbons (Fsp3) is 0.600. The van der Waals surface area contributed by atoms with Crippen LogP contribution in [0.3, 0.4) is 0 Å². The first-order valence-electron chi connectivity index (χ1n) is 4.49. The van der Waals surface area contributed by atoms with E-state index in [9.17, 15) is 0 Å². The molecule has 1 heterocycles. The molecule has 0 amide bonds. The first kappa shape index (κ1) is 10.3. The smallest absolute Gasteiger partial charge is 0.120 e. The lowest BCUT2D eigenvalue weighted by atomic mass is 10.2. The van der Waals surface area contributed by atoms with Gasteiger partial charge in [-0.2, -0.15) is 0 Å². The molecule has 3 heteroatoms. The van der Waals surface area contributed by atoms with Gasteiger partial charge in [-0.05, 0) is 25.5 Å². The van der Waals surface area contributed by atoms with Gasteiger partial charge < -0.3 is 14.5 Å². The Morgan fingerprint density at radius 3 is 2.92 bits per heavy atom. The van der Waals surface area contributed by atoms with Crippen molar-refractivity contribution in [2.24, 2.45) is 0 Å². The van der Waals surface area contributed by atoms with Gasteiger partial charge >= 0.3 is 0 Å². The molecule has 0 saturated carbocycles. The SMILES string of the molecule is COCC(C)NCc1occc1C. The van der Waals surface area contributed by atoms with Crippen LogP contribution in [-0.2, 0) is 11.3 Å². The van der Waals surface area contributed by atoms with E-state index in [1.54, 1.807) is 13.4 Å². The normalized spacial score (nSPS) is 13.2. The molecule has 3 nitrogen and oxygen atoms in total. The Hall–Kier alpha value is -0.800. The van der Waals surface area contributed by atoms with Crippen molar-refractivity contribution in [2.75, 3.05) is 13.7 Å². The van der Waals surface area contributed by atoms with Crippen molar-refractivity contribution in [1.29, 1.82) is 0 Å². The van der Waals surface area contributed by atoms with Gasteiger partial charge in [-0.1, -0.05) is 0 Å². The molecule has 0 spiro atoms. The maximum absolute atomic E-state index is 5.29. The molecule has 1 N–H and O–H groups in total. The van der Waals surface area contributed by atoms with Crippen LogP contribution in [0.2, 0.25) is 0 Å². The fourth-order valence-electron chi connectivity index (χ4n) is 1.16. The Morgan fingerprint density at radius 1 is 1.62 bits per heavy atom. The summed E-state index contributed by atoms with van der Waals surface area (Å²) in [5, 5.41) is 3.31. The first-order valence-corrected chi connectivity index (χ1v) is 4.49. The van der Waals surface area contributed by atoms with Gasteiger partial charge in [-0.3, -0.25) is 0 Å². The second kappa shape index (κ2) is 5.04. The van der Waals surface area contributed by atoms with Crippen LogP contribution >= 0.6 is 0 Å². The largest absolute Gasteiger partial charge is 0.468 e. The summed E-state index contributed by atoms with van der Waals surface area (Å²) in [6, 6.07) is 2.33. The van der Waals surface area contributed by atoms with Crippen LogP contribution < -0.4 is 5.32 Å². The molecule has 0 bridgehead atoms. The lowest BCUT2D eigenvalue weighted by molar-refractivity contribution is 0.170. The summed E-state index contributed by atoms with van der Waals surface area (Å²) in [5.41, 5.74) is 1.19. The lowest BCUT2D eigenvalue weighted by Crippen LogP contribution is -2.29. The van der Waals surface area contributed by atoms with Crippen LogP contribution in [0.4, 0.5) is 0 Å². The Kier molecular flexibility index (Phi) is 3.99. The monoisotopic (exact) mass is 183 g/mol. The van der Waals surface area contributed by atoms with Crippen molar-refractivity contribution in [3.8, 4) is 0 Å². The third kappa shape index (κ3) is 3.20. The number of hydrogen-bond acceptors (Lipinski definition) is 3. The van der Waals surface area contributed by atoms with Crippen molar-refractivity contribution in [3.05, 3.63) is 23.7 Å². The zero-order valence-corrected chi connectivity index (χ0v) is 8.46. The lowest BCUT2D eigenvalue weighted by Gasteiger charge is -2.11. The summed E-state index contributed by atoms with van der Waals surface area (Å²) in [4.78, 5) is 0. The van der Waals surface area contributed by atoms with Crippen molar-refractivity contribution < 1.29 is 9.15 Å². The molecule has 1 aromatic rings. The molecule has 1 atom stereocenters. The minimum Gasteiger partial charge on any atom is -0.468 e. The highest BCUT2D eigenvalue weighted by Gasteiger charge is 2.04. The number of hydrogen-bond donors (Lipinski definition) is 1. The third-order valence-corrected chi connectivity index (χ3v) is 2.00. The molecule has 74 valence electrons. The Labute approximate surface area is 79.1 Å². The molecule has 0 radical (unpaired) electrons. The summed E-state index contributed by atoms with van der Waals surface area (Å²) >= 11 is 0. The Morgan fingerprint density at radius 2 is 2.38 bits per heavy atom. The quantitative estimate of drug-likeness (QED) is 0.754. The molecule has 1 aromatic heterocycles. The summed E-state index contributed by atoms with van der Waals surface area (Å²) in [6.45, 7) is 5.62. The van der Waals surface area contributed by atoms with E-state index in [4.69, 9.17) is 9.15 Å². The topological polar surface area (TPSA) is 34.4 Å².